The Morgan fingerprint density at radius 2 is 2.00 bits per heavy atom. The third kappa shape index (κ3) is 4.90. The summed E-state index contributed by atoms with van der Waals surface area (Å²) in [4.78, 5) is 26.9. The standard InChI is InChI=1S/C23H21ClN4OS/c1-5-7-14(3)17(6-2)22(29)28-21-13-25-20(12-26-21)18-10-16(8-9-19(18)24)23-27-11-15(4)30-23/h5-13H,1H2,2-4H3,(H,26,28,29)/b14-7-,17-6+. The zero-order chi connectivity index (χ0) is 21.7. The second-order valence-electron chi connectivity index (χ2n) is 6.50. The molecule has 3 rings (SSSR count). The fraction of sp³-hybridized carbons (Fsp3) is 0.130. The van der Waals surface area contributed by atoms with E-state index < -0.39 is 0 Å². The van der Waals surface area contributed by atoms with Crippen molar-refractivity contribution in [3.63, 3.8) is 0 Å². The SMILES string of the molecule is C=C/C=C(C)\C(=C/C)C(=O)Nc1cnc(-c2cc(-c3ncc(C)s3)ccc2Cl)cn1. The first-order chi connectivity index (χ1) is 14.4. The summed E-state index contributed by atoms with van der Waals surface area (Å²) in [5.74, 6) is 0.103. The molecule has 2 aromatic heterocycles. The lowest BCUT2D eigenvalue weighted by Crippen LogP contribution is -2.16. The number of amides is 1. The van der Waals surface area contributed by atoms with Crippen molar-refractivity contribution < 1.29 is 4.79 Å². The van der Waals surface area contributed by atoms with Crippen molar-refractivity contribution >= 4 is 34.7 Å². The van der Waals surface area contributed by atoms with Crippen LogP contribution in [-0.4, -0.2) is 20.9 Å². The highest BCUT2D eigenvalue weighted by molar-refractivity contribution is 7.14. The minimum atomic E-state index is -0.255. The first kappa shape index (κ1) is 21.6. The number of nitrogens with one attached hydrogen (secondary N) is 1. The van der Waals surface area contributed by atoms with Gasteiger partial charge in [-0.15, -0.1) is 11.3 Å². The lowest BCUT2D eigenvalue weighted by Gasteiger charge is -2.09. The molecule has 0 aliphatic heterocycles. The third-order valence-electron chi connectivity index (χ3n) is 4.33. The normalized spacial score (nSPS) is 12.0. The Kier molecular flexibility index (Phi) is 6.92. The third-order valence-corrected chi connectivity index (χ3v) is 5.62. The van der Waals surface area contributed by atoms with Crippen LogP contribution in [0.5, 0.6) is 0 Å². The molecule has 30 heavy (non-hydrogen) atoms. The number of hydrogen-bond donors (Lipinski definition) is 1. The smallest absolute Gasteiger partial charge is 0.256 e. The average Bonchev–Trinajstić information content (AvgIpc) is 3.16. The molecule has 0 fully saturated rings. The molecule has 0 spiro atoms. The van der Waals surface area contributed by atoms with Gasteiger partial charge in [0.2, 0.25) is 0 Å². The molecular weight excluding hydrogens is 416 g/mol. The summed E-state index contributed by atoms with van der Waals surface area (Å²) in [6, 6.07) is 5.71. The molecular formula is C23H21ClN4OS. The maximum Gasteiger partial charge on any atom is 0.256 e. The predicted octanol–water partition coefficient (Wildman–Crippen LogP) is 6.25. The number of carbonyl (C=O) groups is 1. The fourth-order valence-electron chi connectivity index (χ4n) is 2.86. The first-order valence-electron chi connectivity index (χ1n) is 9.25. The van der Waals surface area contributed by atoms with E-state index in [0.717, 1.165) is 26.6 Å². The van der Waals surface area contributed by atoms with Crippen LogP contribution in [0, 0.1) is 6.92 Å². The number of aromatic nitrogens is 3. The molecule has 0 aliphatic rings. The summed E-state index contributed by atoms with van der Waals surface area (Å²) in [7, 11) is 0. The van der Waals surface area contributed by atoms with Gasteiger partial charge >= 0.3 is 0 Å². The Morgan fingerprint density at radius 1 is 1.20 bits per heavy atom. The number of rotatable bonds is 6. The molecule has 0 bridgehead atoms. The number of anilines is 1. The average molecular weight is 437 g/mol. The van der Waals surface area contributed by atoms with Crippen LogP contribution in [0.2, 0.25) is 5.02 Å². The quantitative estimate of drug-likeness (QED) is 0.366. The summed E-state index contributed by atoms with van der Waals surface area (Å²) in [6.45, 7) is 9.34. The minimum absolute atomic E-state index is 0.255. The molecule has 1 N–H and O–H groups in total. The van der Waals surface area contributed by atoms with Gasteiger partial charge in [-0.05, 0) is 38.5 Å². The van der Waals surface area contributed by atoms with Crippen LogP contribution >= 0.6 is 22.9 Å². The van der Waals surface area contributed by atoms with Crippen LogP contribution in [0.3, 0.4) is 0 Å². The number of carbonyl (C=O) groups excluding carboxylic acids is 1. The zero-order valence-corrected chi connectivity index (χ0v) is 18.5. The van der Waals surface area contributed by atoms with Gasteiger partial charge < -0.3 is 5.32 Å². The van der Waals surface area contributed by atoms with Gasteiger partial charge in [0.05, 0.1) is 23.1 Å². The van der Waals surface area contributed by atoms with Crippen molar-refractivity contribution in [3.8, 4) is 21.8 Å². The zero-order valence-electron chi connectivity index (χ0n) is 16.9. The summed E-state index contributed by atoms with van der Waals surface area (Å²) >= 11 is 8.01. The summed E-state index contributed by atoms with van der Waals surface area (Å²) in [6.07, 6.45) is 10.1. The lowest BCUT2D eigenvalue weighted by molar-refractivity contribution is -0.112. The van der Waals surface area contributed by atoms with Gasteiger partial charge in [0.25, 0.3) is 5.91 Å². The number of nitrogens with zero attached hydrogens (tertiary/aromatic N) is 3. The maximum absolute atomic E-state index is 12.5. The topological polar surface area (TPSA) is 67.8 Å². The van der Waals surface area contributed by atoms with Crippen molar-refractivity contribution in [1.82, 2.24) is 15.0 Å². The van der Waals surface area contributed by atoms with Gasteiger partial charge in [-0.25, -0.2) is 9.97 Å². The predicted molar refractivity (Wildman–Crippen MR) is 125 cm³/mol. The maximum atomic E-state index is 12.5. The second kappa shape index (κ2) is 9.61. The van der Waals surface area contributed by atoms with Crippen molar-refractivity contribution in [1.29, 1.82) is 0 Å². The van der Waals surface area contributed by atoms with Crippen molar-refractivity contribution in [2.24, 2.45) is 0 Å². The number of benzene rings is 1. The molecule has 152 valence electrons. The van der Waals surface area contributed by atoms with Crippen LogP contribution < -0.4 is 5.32 Å². The van der Waals surface area contributed by atoms with Crippen molar-refractivity contribution in [3.05, 3.63) is 82.6 Å². The molecule has 0 unspecified atom stereocenters. The molecule has 0 radical (unpaired) electrons. The Morgan fingerprint density at radius 3 is 2.60 bits per heavy atom. The van der Waals surface area contributed by atoms with Crippen molar-refractivity contribution in [2.75, 3.05) is 5.32 Å². The van der Waals surface area contributed by atoms with Gasteiger partial charge in [-0.1, -0.05) is 42.5 Å². The lowest BCUT2D eigenvalue weighted by atomic mass is 10.1. The number of thiazole rings is 1. The summed E-state index contributed by atoms with van der Waals surface area (Å²) in [5, 5.41) is 4.26. The van der Waals surface area contributed by atoms with Crippen LogP contribution in [0.4, 0.5) is 5.82 Å². The van der Waals surface area contributed by atoms with Crippen molar-refractivity contribution in [2.45, 2.75) is 20.8 Å². The Balaban J connectivity index is 1.83. The minimum Gasteiger partial charge on any atom is -0.305 e. The molecule has 2 heterocycles. The van der Waals surface area contributed by atoms with E-state index in [9.17, 15) is 4.79 Å². The number of hydrogen-bond acceptors (Lipinski definition) is 5. The number of halogens is 1. The summed E-state index contributed by atoms with van der Waals surface area (Å²) in [5.41, 5.74) is 3.70. The first-order valence-corrected chi connectivity index (χ1v) is 10.4. The van der Waals surface area contributed by atoms with E-state index in [1.165, 1.54) is 6.20 Å². The highest BCUT2D eigenvalue weighted by Crippen LogP contribution is 2.33. The van der Waals surface area contributed by atoms with E-state index >= 15 is 0 Å². The molecule has 5 nitrogen and oxygen atoms in total. The molecule has 0 saturated heterocycles. The van der Waals surface area contributed by atoms with Crippen LogP contribution in [0.15, 0.2) is 72.7 Å². The van der Waals surface area contributed by atoms with Gasteiger partial charge in [0.1, 0.15) is 5.01 Å². The molecule has 1 amide bonds. The van der Waals surface area contributed by atoms with Gasteiger partial charge in [0.15, 0.2) is 5.82 Å². The molecule has 1 aromatic carbocycles. The van der Waals surface area contributed by atoms with E-state index in [0.29, 0.717) is 22.1 Å². The summed E-state index contributed by atoms with van der Waals surface area (Å²) < 4.78 is 0. The van der Waals surface area contributed by atoms with Crippen LogP contribution in [0.25, 0.3) is 21.8 Å². The van der Waals surface area contributed by atoms with E-state index in [4.69, 9.17) is 11.6 Å². The molecule has 0 atom stereocenters. The molecule has 0 aliphatic carbocycles. The molecule has 3 aromatic rings. The fourth-order valence-corrected chi connectivity index (χ4v) is 3.84. The Hall–Kier alpha value is -3.09. The van der Waals surface area contributed by atoms with Crippen LogP contribution in [0.1, 0.15) is 18.7 Å². The van der Waals surface area contributed by atoms with Gasteiger partial charge in [0, 0.05) is 27.8 Å². The monoisotopic (exact) mass is 436 g/mol. The number of allylic oxidation sites excluding steroid dienone is 3. The van der Waals surface area contributed by atoms with E-state index in [1.807, 2.05) is 45.2 Å². The largest absolute Gasteiger partial charge is 0.305 e. The van der Waals surface area contributed by atoms with E-state index in [-0.39, 0.29) is 5.91 Å². The highest BCUT2D eigenvalue weighted by Gasteiger charge is 2.13. The highest BCUT2D eigenvalue weighted by atomic mass is 35.5. The van der Waals surface area contributed by atoms with Crippen LogP contribution in [-0.2, 0) is 4.79 Å². The second-order valence-corrected chi connectivity index (χ2v) is 8.14. The number of aryl methyl sites for hydroxylation is 1. The van der Waals surface area contributed by atoms with E-state index in [2.05, 4.69) is 26.8 Å². The van der Waals surface area contributed by atoms with Gasteiger partial charge in [-0.2, -0.15) is 0 Å². The van der Waals surface area contributed by atoms with E-state index in [1.54, 1.807) is 35.8 Å². The Bertz CT molecular complexity index is 1150. The molecule has 0 saturated carbocycles. The van der Waals surface area contributed by atoms with Gasteiger partial charge in [-0.3, -0.25) is 9.78 Å². The molecule has 7 heteroatoms. The Labute approximate surface area is 184 Å².